The van der Waals surface area contributed by atoms with E-state index in [2.05, 4.69) is 25.0 Å². The number of nitrogens with zero attached hydrogens (tertiary/aromatic N) is 1. The summed E-state index contributed by atoms with van der Waals surface area (Å²) in [6, 6.07) is 0.579. The quantitative estimate of drug-likeness (QED) is 0.529. The summed E-state index contributed by atoms with van der Waals surface area (Å²) in [6.45, 7) is 9.55. The number of hydrogen-bond donors (Lipinski definition) is 0. The van der Waals surface area contributed by atoms with Gasteiger partial charge in [0.25, 0.3) is 0 Å². The van der Waals surface area contributed by atoms with E-state index in [0.29, 0.717) is 6.04 Å². The Balaban J connectivity index is 3.49. The van der Waals surface area contributed by atoms with Gasteiger partial charge in [-0.2, -0.15) is 0 Å². The van der Waals surface area contributed by atoms with Crippen LogP contribution >= 0.6 is 0 Å². The molecule has 0 bridgehead atoms. The molecule has 0 saturated heterocycles. The largest absolute Gasteiger partial charge is 0.378 e. The van der Waals surface area contributed by atoms with Crippen LogP contribution in [0.15, 0.2) is 25.4 Å². The second-order valence-electron chi connectivity index (χ2n) is 2.56. The van der Waals surface area contributed by atoms with Crippen LogP contribution in [0.1, 0.15) is 19.8 Å². The molecule has 1 atom stereocenters. The van der Waals surface area contributed by atoms with E-state index < -0.39 is 0 Å². The molecular formula is C9H17N. The van der Waals surface area contributed by atoms with E-state index in [9.17, 15) is 0 Å². The minimum absolute atomic E-state index is 0.579. The SMILES string of the molecule is C=CCCC(C)N(C)C=C. The maximum Gasteiger partial charge on any atom is 0.0255 e. The van der Waals surface area contributed by atoms with Crippen molar-refractivity contribution in [3.8, 4) is 0 Å². The molecule has 58 valence electrons. The van der Waals surface area contributed by atoms with Gasteiger partial charge in [-0.1, -0.05) is 12.7 Å². The number of rotatable bonds is 5. The molecule has 1 heteroatoms. The molecular weight excluding hydrogens is 122 g/mol. The molecule has 0 radical (unpaired) electrons. The van der Waals surface area contributed by atoms with Crippen LogP contribution in [-0.4, -0.2) is 18.0 Å². The molecule has 10 heavy (non-hydrogen) atoms. The Kier molecular flexibility index (Phi) is 4.73. The van der Waals surface area contributed by atoms with Crippen LogP contribution in [0.4, 0.5) is 0 Å². The Morgan fingerprint density at radius 2 is 2.10 bits per heavy atom. The Morgan fingerprint density at radius 3 is 2.50 bits per heavy atom. The van der Waals surface area contributed by atoms with E-state index in [-0.39, 0.29) is 0 Å². The first-order valence-electron chi connectivity index (χ1n) is 3.67. The molecule has 0 saturated carbocycles. The zero-order chi connectivity index (χ0) is 7.98. The molecule has 0 amide bonds. The molecule has 0 rings (SSSR count). The van der Waals surface area contributed by atoms with Gasteiger partial charge in [0.2, 0.25) is 0 Å². The fraction of sp³-hybridized carbons (Fsp3) is 0.556. The third-order valence-electron chi connectivity index (χ3n) is 1.77. The Hall–Kier alpha value is -0.720. The van der Waals surface area contributed by atoms with Crippen molar-refractivity contribution in [3.63, 3.8) is 0 Å². The maximum atomic E-state index is 3.69. The first kappa shape index (κ1) is 9.28. The van der Waals surface area contributed by atoms with Crippen molar-refractivity contribution in [2.24, 2.45) is 0 Å². The topological polar surface area (TPSA) is 3.24 Å². The standard InChI is InChI=1S/C9H17N/c1-5-7-8-9(3)10(4)6-2/h5-6,9H,1-2,7-8H2,3-4H3. The molecule has 1 unspecified atom stereocenters. The van der Waals surface area contributed by atoms with Crippen LogP contribution < -0.4 is 0 Å². The molecule has 0 heterocycles. The Morgan fingerprint density at radius 1 is 1.50 bits per heavy atom. The summed E-state index contributed by atoms with van der Waals surface area (Å²) in [5.74, 6) is 0. The molecule has 0 aromatic heterocycles. The van der Waals surface area contributed by atoms with Crippen LogP contribution in [0.2, 0.25) is 0 Å². The highest BCUT2D eigenvalue weighted by atomic mass is 15.1. The third-order valence-corrected chi connectivity index (χ3v) is 1.77. The van der Waals surface area contributed by atoms with Gasteiger partial charge in [0.05, 0.1) is 0 Å². The molecule has 0 aromatic carbocycles. The van der Waals surface area contributed by atoms with Gasteiger partial charge in [-0.05, 0) is 26.0 Å². The van der Waals surface area contributed by atoms with Gasteiger partial charge in [0.15, 0.2) is 0 Å². The first-order valence-corrected chi connectivity index (χ1v) is 3.67. The van der Waals surface area contributed by atoms with Crippen molar-refractivity contribution in [2.45, 2.75) is 25.8 Å². The molecule has 0 aliphatic carbocycles. The van der Waals surface area contributed by atoms with Crippen molar-refractivity contribution in [1.82, 2.24) is 4.90 Å². The molecule has 1 nitrogen and oxygen atoms in total. The van der Waals surface area contributed by atoms with Crippen molar-refractivity contribution in [3.05, 3.63) is 25.4 Å². The van der Waals surface area contributed by atoms with Crippen LogP contribution in [0, 0.1) is 0 Å². The molecule has 0 fully saturated rings. The summed E-state index contributed by atoms with van der Waals surface area (Å²) in [5, 5.41) is 0. The van der Waals surface area contributed by atoms with Crippen molar-refractivity contribution in [1.29, 1.82) is 0 Å². The van der Waals surface area contributed by atoms with Crippen molar-refractivity contribution >= 4 is 0 Å². The van der Waals surface area contributed by atoms with Crippen LogP contribution in [0.3, 0.4) is 0 Å². The normalized spacial score (nSPS) is 12.2. The van der Waals surface area contributed by atoms with E-state index in [1.54, 1.807) is 0 Å². The second-order valence-corrected chi connectivity index (χ2v) is 2.56. The van der Waals surface area contributed by atoms with Crippen LogP contribution in [0.5, 0.6) is 0 Å². The predicted molar refractivity (Wildman–Crippen MR) is 46.9 cm³/mol. The van der Waals surface area contributed by atoms with E-state index in [1.807, 2.05) is 19.3 Å². The molecule has 0 aliphatic heterocycles. The van der Waals surface area contributed by atoms with E-state index in [0.717, 1.165) is 12.8 Å². The summed E-state index contributed by atoms with van der Waals surface area (Å²) in [6.07, 6.45) is 6.05. The summed E-state index contributed by atoms with van der Waals surface area (Å²) >= 11 is 0. The van der Waals surface area contributed by atoms with Crippen LogP contribution in [-0.2, 0) is 0 Å². The van der Waals surface area contributed by atoms with Crippen molar-refractivity contribution < 1.29 is 0 Å². The zero-order valence-corrected chi connectivity index (χ0v) is 7.01. The van der Waals surface area contributed by atoms with Gasteiger partial charge in [-0.25, -0.2) is 0 Å². The van der Waals surface area contributed by atoms with Crippen LogP contribution in [0.25, 0.3) is 0 Å². The highest BCUT2D eigenvalue weighted by Gasteiger charge is 2.01. The number of allylic oxidation sites excluding steroid dienone is 1. The molecule has 0 N–H and O–H groups in total. The zero-order valence-electron chi connectivity index (χ0n) is 7.01. The lowest BCUT2D eigenvalue weighted by Crippen LogP contribution is -2.22. The average Bonchev–Trinajstić information content (AvgIpc) is 1.98. The third kappa shape index (κ3) is 3.33. The second kappa shape index (κ2) is 5.10. The van der Waals surface area contributed by atoms with E-state index >= 15 is 0 Å². The van der Waals surface area contributed by atoms with Gasteiger partial charge in [0, 0.05) is 13.1 Å². The van der Waals surface area contributed by atoms with Gasteiger partial charge in [0.1, 0.15) is 0 Å². The minimum Gasteiger partial charge on any atom is -0.378 e. The van der Waals surface area contributed by atoms with Gasteiger partial charge in [-0.15, -0.1) is 6.58 Å². The summed E-state index contributed by atoms with van der Waals surface area (Å²) in [5.41, 5.74) is 0. The smallest absolute Gasteiger partial charge is 0.0255 e. The molecule has 0 aromatic rings. The highest BCUT2D eigenvalue weighted by Crippen LogP contribution is 2.03. The molecule has 0 aliphatic rings. The lowest BCUT2D eigenvalue weighted by molar-refractivity contribution is 0.337. The summed E-state index contributed by atoms with van der Waals surface area (Å²) in [7, 11) is 2.04. The van der Waals surface area contributed by atoms with Gasteiger partial charge in [-0.3, -0.25) is 0 Å². The summed E-state index contributed by atoms with van der Waals surface area (Å²) in [4.78, 5) is 2.11. The Labute approximate surface area is 64.0 Å². The molecule has 0 spiro atoms. The lowest BCUT2D eigenvalue weighted by atomic mass is 10.2. The highest BCUT2D eigenvalue weighted by molar-refractivity contribution is 4.76. The lowest BCUT2D eigenvalue weighted by Gasteiger charge is -2.21. The average molecular weight is 139 g/mol. The minimum atomic E-state index is 0.579. The maximum absolute atomic E-state index is 3.69. The monoisotopic (exact) mass is 139 g/mol. The fourth-order valence-electron chi connectivity index (χ4n) is 0.743. The van der Waals surface area contributed by atoms with Crippen molar-refractivity contribution in [2.75, 3.05) is 7.05 Å². The fourth-order valence-corrected chi connectivity index (χ4v) is 0.743. The van der Waals surface area contributed by atoms with E-state index in [1.165, 1.54) is 0 Å². The Bertz CT molecular complexity index is 107. The van der Waals surface area contributed by atoms with Gasteiger partial charge >= 0.3 is 0 Å². The van der Waals surface area contributed by atoms with Gasteiger partial charge < -0.3 is 4.90 Å². The van der Waals surface area contributed by atoms with E-state index in [4.69, 9.17) is 0 Å². The predicted octanol–water partition coefficient (Wildman–Crippen LogP) is 2.42. The number of hydrogen-bond acceptors (Lipinski definition) is 1. The summed E-state index contributed by atoms with van der Waals surface area (Å²) < 4.78 is 0. The first-order chi connectivity index (χ1) is 4.72.